The van der Waals surface area contributed by atoms with Crippen LogP contribution in [0.3, 0.4) is 0 Å². The number of ether oxygens (including phenoxy) is 1. The quantitative estimate of drug-likeness (QED) is 0.576. The normalized spacial score (nSPS) is 20.5. The molecule has 1 saturated heterocycles. The van der Waals surface area contributed by atoms with Gasteiger partial charge in [-0.05, 0) is 40.5 Å². The Morgan fingerprint density at radius 3 is 2.67 bits per heavy atom. The van der Waals surface area contributed by atoms with Crippen LogP contribution in [0.1, 0.15) is 40.5 Å². The molecule has 1 fully saturated rings. The summed E-state index contributed by atoms with van der Waals surface area (Å²) in [6, 6.07) is 0. The maximum atomic E-state index is 11.8. The topological polar surface area (TPSA) is 29.5 Å². The molecule has 0 aromatic carbocycles. The van der Waals surface area contributed by atoms with E-state index in [0.29, 0.717) is 0 Å². The highest BCUT2D eigenvalue weighted by Crippen LogP contribution is 2.18. The summed E-state index contributed by atoms with van der Waals surface area (Å²) in [6.45, 7) is 9.24. The van der Waals surface area contributed by atoms with E-state index in [4.69, 9.17) is 4.74 Å². The maximum Gasteiger partial charge on any atom is 0.410 e. The van der Waals surface area contributed by atoms with Gasteiger partial charge in [-0.3, -0.25) is 0 Å². The highest BCUT2D eigenvalue weighted by Gasteiger charge is 2.24. The second-order valence-corrected chi connectivity index (χ2v) is 4.95. The molecule has 0 aliphatic carbocycles. The lowest BCUT2D eigenvalue weighted by molar-refractivity contribution is 0.0247. The summed E-state index contributed by atoms with van der Waals surface area (Å²) < 4.78 is 5.33. The zero-order chi connectivity index (χ0) is 11.5. The summed E-state index contributed by atoms with van der Waals surface area (Å²) in [6.07, 6.45) is 4.05. The molecular weight excluding hydrogens is 190 g/mol. The van der Waals surface area contributed by atoms with Gasteiger partial charge in [-0.25, -0.2) is 4.79 Å². The fraction of sp³-hybridized carbons (Fsp3) is 0.750. The monoisotopic (exact) mass is 211 g/mol. The number of likely N-dealkylation sites (tertiary alicyclic amines) is 1. The molecule has 1 amide bonds. The van der Waals surface area contributed by atoms with E-state index in [9.17, 15) is 4.79 Å². The molecule has 0 aromatic rings. The van der Waals surface area contributed by atoms with Gasteiger partial charge in [-0.1, -0.05) is 11.6 Å². The minimum Gasteiger partial charge on any atom is -0.444 e. The van der Waals surface area contributed by atoms with Gasteiger partial charge >= 0.3 is 6.09 Å². The minimum atomic E-state index is -0.398. The molecule has 0 unspecified atom stereocenters. The number of hydrogen-bond donors (Lipinski definition) is 0. The van der Waals surface area contributed by atoms with Crippen molar-refractivity contribution < 1.29 is 9.53 Å². The van der Waals surface area contributed by atoms with Crippen molar-refractivity contribution in [2.45, 2.75) is 46.1 Å². The Morgan fingerprint density at radius 1 is 1.47 bits per heavy atom. The van der Waals surface area contributed by atoms with Gasteiger partial charge in [-0.2, -0.15) is 0 Å². The van der Waals surface area contributed by atoms with Gasteiger partial charge in [0.2, 0.25) is 0 Å². The Balaban J connectivity index is 2.53. The largest absolute Gasteiger partial charge is 0.444 e. The second kappa shape index (κ2) is 4.69. The Kier molecular flexibility index (Phi) is 3.77. The molecule has 0 saturated carbocycles. The zero-order valence-corrected chi connectivity index (χ0v) is 10.2. The van der Waals surface area contributed by atoms with Gasteiger partial charge < -0.3 is 9.64 Å². The van der Waals surface area contributed by atoms with Crippen molar-refractivity contribution in [2.75, 3.05) is 13.1 Å². The smallest absolute Gasteiger partial charge is 0.410 e. The fourth-order valence-electron chi connectivity index (χ4n) is 1.62. The number of carbonyl (C=O) groups is 1. The number of carbonyl (C=O) groups excluding carboxylic acids is 1. The number of piperidine rings is 1. The molecule has 86 valence electrons. The average molecular weight is 211 g/mol. The van der Waals surface area contributed by atoms with E-state index in [1.807, 2.05) is 27.7 Å². The van der Waals surface area contributed by atoms with E-state index in [0.717, 1.165) is 25.9 Å². The third-order valence-electron chi connectivity index (χ3n) is 2.38. The van der Waals surface area contributed by atoms with Crippen molar-refractivity contribution >= 4 is 6.09 Å². The zero-order valence-electron chi connectivity index (χ0n) is 10.2. The number of hydrogen-bond acceptors (Lipinski definition) is 2. The van der Waals surface area contributed by atoms with E-state index in [2.05, 4.69) is 6.08 Å². The molecule has 0 aromatic heterocycles. The first kappa shape index (κ1) is 12.1. The highest BCUT2D eigenvalue weighted by molar-refractivity contribution is 5.68. The first-order valence-electron chi connectivity index (χ1n) is 5.54. The fourth-order valence-corrected chi connectivity index (χ4v) is 1.62. The average Bonchev–Trinajstić information content (AvgIpc) is 2.15. The Bertz CT molecular complexity index is 263. The third-order valence-corrected chi connectivity index (χ3v) is 2.38. The molecule has 1 aliphatic heterocycles. The van der Waals surface area contributed by atoms with Crippen LogP contribution in [-0.2, 0) is 4.74 Å². The molecular formula is C12H21NO2. The Labute approximate surface area is 92.1 Å². The van der Waals surface area contributed by atoms with Crippen molar-refractivity contribution in [1.82, 2.24) is 4.90 Å². The van der Waals surface area contributed by atoms with Crippen LogP contribution in [0.2, 0.25) is 0 Å². The summed E-state index contributed by atoms with van der Waals surface area (Å²) in [4.78, 5) is 13.5. The lowest BCUT2D eigenvalue weighted by atomic mass is 10.1. The predicted octanol–water partition coefficient (Wildman–Crippen LogP) is 2.96. The molecule has 0 N–H and O–H groups in total. The molecule has 1 heterocycles. The van der Waals surface area contributed by atoms with Crippen LogP contribution in [-0.4, -0.2) is 29.7 Å². The number of allylic oxidation sites excluding steroid dienone is 1. The van der Waals surface area contributed by atoms with Gasteiger partial charge in [0.05, 0.1) is 0 Å². The van der Waals surface area contributed by atoms with Crippen LogP contribution in [0, 0.1) is 0 Å². The van der Waals surface area contributed by atoms with Gasteiger partial charge in [0.15, 0.2) is 0 Å². The van der Waals surface area contributed by atoms with E-state index in [1.54, 1.807) is 4.90 Å². The molecule has 1 aliphatic rings. The maximum absolute atomic E-state index is 11.8. The van der Waals surface area contributed by atoms with Crippen LogP contribution < -0.4 is 0 Å². The molecule has 0 spiro atoms. The summed E-state index contributed by atoms with van der Waals surface area (Å²) in [5.74, 6) is 0. The second-order valence-electron chi connectivity index (χ2n) is 4.95. The number of rotatable bonds is 0. The lowest BCUT2D eigenvalue weighted by Gasteiger charge is -2.31. The van der Waals surface area contributed by atoms with E-state index < -0.39 is 5.60 Å². The van der Waals surface area contributed by atoms with E-state index in [1.165, 1.54) is 5.57 Å². The van der Waals surface area contributed by atoms with Crippen LogP contribution in [0.4, 0.5) is 4.79 Å². The molecule has 0 radical (unpaired) electrons. The van der Waals surface area contributed by atoms with Gasteiger partial charge in [-0.15, -0.1) is 0 Å². The van der Waals surface area contributed by atoms with Crippen LogP contribution in [0.5, 0.6) is 0 Å². The van der Waals surface area contributed by atoms with Crippen molar-refractivity contribution in [2.24, 2.45) is 0 Å². The van der Waals surface area contributed by atoms with Crippen LogP contribution >= 0.6 is 0 Å². The van der Waals surface area contributed by atoms with Gasteiger partial charge in [0.25, 0.3) is 0 Å². The number of nitrogens with zero attached hydrogens (tertiary/aromatic N) is 1. The number of amides is 1. The van der Waals surface area contributed by atoms with Crippen molar-refractivity contribution in [1.29, 1.82) is 0 Å². The molecule has 15 heavy (non-hydrogen) atoms. The van der Waals surface area contributed by atoms with Crippen molar-refractivity contribution in [3.8, 4) is 0 Å². The van der Waals surface area contributed by atoms with Crippen molar-refractivity contribution in [3.05, 3.63) is 11.6 Å². The van der Waals surface area contributed by atoms with Gasteiger partial charge in [0, 0.05) is 13.1 Å². The van der Waals surface area contributed by atoms with E-state index in [-0.39, 0.29) is 6.09 Å². The summed E-state index contributed by atoms with van der Waals surface area (Å²) in [5, 5.41) is 0. The first-order valence-corrected chi connectivity index (χ1v) is 5.54. The SMILES string of the molecule is C/C=C1\CCCN(C(=O)OC(C)(C)C)C1. The van der Waals surface area contributed by atoms with Crippen molar-refractivity contribution in [3.63, 3.8) is 0 Å². The predicted molar refractivity (Wildman–Crippen MR) is 60.8 cm³/mol. The van der Waals surface area contributed by atoms with Crippen LogP contribution in [0.25, 0.3) is 0 Å². The standard InChI is InChI=1S/C12H21NO2/c1-5-10-7-6-8-13(9-10)11(14)15-12(2,3)4/h5H,6-9H2,1-4H3/b10-5+. The third kappa shape index (κ3) is 3.94. The highest BCUT2D eigenvalue weighted by atomic mass is 16.6. The molecule has 1 rings (SSSR count). The first-order chi connectivity index (χ1) is 6.92. The molecule has 0 bridgehead atoms. The summed E-state index contributed by atoms with van der Waals surface area (Å²) in [7, 11) is 0. The Morgan fingerprint density at radius 2 is 2.13 bits per heavy atom. The van der Waals surface area contributed by atoms with Crippen LogP contribution in [0.15, 0.2) is 11.6 Å². The minimum absolute atomic E-state index is 0.193. The van der Waals surface area contributed by atoms with Gasteiger partial charge in [0.1, 0.15) is 5.60 Å². The Hall–Kier alpha value is -0.990. The van der Waals surface area contributed by atoms with E-state index >= 15 is 0 Å². The summed E-state index contributed by atoms with van der Waals surface area (Å²) >= 11 is 0. The molecule has 3 nitrogen and oxygen atoms in total. The summed E-state index contributed by atoms with van der Waals surface area (Å²) in [5.41, 5.74) is 0.928. The molecule has 3 heteroatoms. The molecule has 0 atom stereocenters. The lowest BCUT2D eigenvalue weighted by Crippen LogP contribution is -2.40.